The molecule has 0 saturated carbocycles. The van der Waals surface area contributed by atoms with Gasteiger partial charge >= 0.3 is 11.9 Å². The van der Waals surface area contributed by atoms with Crippen molar-refractivity contribution < 1.29 is 19.8 Å². The second-order valence-corrected chi connectivity index (χ2v) is 8.40. The van der Waals surface area contributed by atoms with Crippen LogP contribution in [0.2, 0.25) is 0 Å². The van der Waals surface area contributed by atoms with E-state index in [-0.39, 0.29) is 12.8 Å². The van der Waals surface area contributed by atoms with Crippen LogP contribution < -0.4 is 0 Å². The maximum atomic E-state index is 12.2. The molecule has 2 rings (SSSR count). The predicted molar refractivity (Wildman–Crippen MR) is 131 cm³/mol. The Morgan fingerprint density at radius 1 is 0.727 bits per heavy atom. The van der Waals surface area contributed by atoms with Crippen LogP contribution in [0.5, 0.6) is 0 Å². The molecular formula is C29H32O4. The molecule has 33 heavy (non-hydrogen) atoms. The summed E-state index contributed by atoms with van der Waals surface area (Å²) < 4.78 is 0. The molecule has 0 aliphatic carbocycles. The van der Waals surface area contributed by atoms with Crippen molar-refractivity contribution in [3.05, 3.63) is 70.8 Å². The van der Waals surface area contributed by atoms with Gasteiger partial charge in [-0.05, 0) is 22.3 Å². The predicted octanol–water partition coefficient (Wildman–Crippen LogP) is 5.96. The molecule has 0 amide bonds. The molecule has 0 aliphatic heterocycles. The van der Waals surface area contributed by atoms with Crippen molar-refractivity contribution in [3.8, 4) is 23.7 Å². The Morgan fingerprint density at radius 2 is 1.09 bits per heavy atom. The highest BCUT2D eigenvalue weighted by molar-refractivity contribution is 5.79. The topological polar surface area (TPSA) is 74.6 Å². The Bertz CT molecular complexity index is 1020. The maximum absolute atomic E-state index is 12.2. The van der Waals surface area contributed by atoms with Crippen LogP contribution in [0.15, 0.2) is 48.5 Å². The van der Waals surface area contributed by atoms with Gasteiger partial charge in [-0.1, -0.05) is 76.2 Å². The molecule has 4 heteroatoms. The molecule has 2 N–H and O–H groups in total. The minimum absolute atomic E-state index is 0.224. The minimum Gasteiger partial charge on any atom is -0.481 e. The Morgan fingerprint density at radius 3 is 1.42 bits per heavy atom. The number of aliphatic carboxylic acids is 2. The average molecular weight is 445 g/mol. The van der Waals surface area contributed by atoms with Gasteiger partial charge in [0.05, 0.1) is 11.8 Å². The number of carboxylic acids is 2. The second kappa shape index (κ2) is 11.9. The first kappa shape index (κ1) is 25.8. The number of rotatable bonds is 8. The van der Waals surface area contributed by atoms with E-state index >= 15 is 0 Å². The maximum Gasteiger partial charge on any atom is 0.311 e. The largest absolute Gasteiger partial charge is 0.481 e. The first-order chi connectivity index (χ1) is 15.8. The lowest BCUT2D eigenvalue weighted by molar-refractivity contribution is -0.139. The lowest BCUT2D eigenvalue weighted by Gasteiger charge is -2.33. The fourth-order valence-electron chi connectivity index (χ4n) is 4.14. The standard InChI is InChI=1S/C29H32O4/c1-5-7-9-17-23(27(30)31)21-15-11-13-19-25(21)29(3,4)26-20-14-12-16-22(26)24(28(32)33)18-10-8-6-2/h11-16,19-20,23-24H,5-6,17-18H2,1-4H3,(H,30,31)(H,32,33). The van der Waals surface area contributed by atoms with Gasteiger partial charge in [-0.3, -0.25) is 9.59 Å². The molecule has 2 unspecified atom stereocenters. The molecular weight excluding hydrogens is 412 g/mol. The quantitative estimate of drug-likeness (QED) is 0.493. The van der Waals surface area contributed by atoms with E-state index in [2.05, 4.69) is 23.7 Å². The Kier molecular flexibility index (Phi) is 9.31. The number of benzene rings is 2. The first-order valence-electron chi connectivity index (χ1n) is 11.3. The molecule has 0 fully saturated rings. The van der Waals surface area contributed by atoms with Crippen molar-refractivity contribution in [2.24, 2.45) is 0 Å². The van der Waals surface area contributed by atoms with Gasteiger partial charge in [0, 0.05) is 31.1 Å². The van der Waals surface area contributed by atoms with Crippen molar-refractivity contribution in [1.82, 2.24) is 0 Å². The van der Waals surface area contributed by atoms with Crippen LogP contribution in [0.25, 0.3) is 0 Å². The zero-order valence-electron chi connectivity index (χ0n) is 19.8. The van der Waals surface area contributed by atoms with Gasteiger partial charge in [0.1, 0.15) is 0 Å². The van der Waals surface area contributed by atoms with Crippen LogP contribution in [-0.2, 0) is 15.0 Å². The van der Waals surface area contributed by atoms with E-state index in [0.717, 1.165) is 11.1 Å². The monoisotopic (exact) mass is 444 g/mol. The van der Waals surface area contributed by atoms with Gasteiger partial charge in [-0.25, -0.2) is 0 Å². The summed E-state index contributed by atoms with van der Waals surface area (Å²) in [5.74, 6) is 8.52. The molecule has 2 aromatic rings. The Balaban J connectivity index is 2.65. The third-order valence-corrected chi connectivity index (χ3v) is 5.83. The third-order valence-electron chi connectivity index (χ3n) is 5.83. The van der Waals surface area contributed by atoms with Gasteiger partial charge in [0.2, 0.25) is 0 Å². The van der Waals surface area contributed by atoms with Crippen molar-refractivity contribution in [2.75, 3.05) is 0 Å². The fourth-order valence-corrected chi connectivity index (χ4v) is 4.14. The lowest BCUT2D eigenvalue weighted by atomic mass is 9.70. The van der Waals surface area contributed by atoms with Gasteiger partial charge < -0.3 is 10.2 Å². The Hall–Kier alpha value is -3.50. The second-order valence-electron chi connectivity index (χ2n) is 8.40. The summed E-state index contributed by atoms with van der Waals surface area (Å²) in [4.78, 5) is 24.3. The molecule has 2 atom stereocenters. The van der Waals surface area contributed by atoms with E-state index in [9.17, 15) is 19.8 Å². The summed E-state index contributed by atoms with van der Waals surface area (Å²) in [6.45, 7) is 7.89. The summed E-state index contributed by atoms with van der Waals surface area (Å²) >= 11 is 0. The summed E-state index contributed by atoms with van der Waals surface area (Å²) in [6.07, 6.45) is 1.79. The third kappa shape index (κ3) is 6.27. The number of carbonyl (C=O) groups is 2. The fraction of sp³-hybridized carbons (Fsp3) is 0.379. The van der Waals surface area contributed by atoms with E-state index in [1.165, 1.54) is 0 Å². The van der Waals surface area contributed by atoms with Crippen LogP contribution >= 0.6 is 0 Å². The Labute approximate surface area is 197 Å². The van der Waals surface area contributed by atoms with Gasteiger partial charge in [-0.15, -0.1) is 23.7 Å². The SMILES string of the molecule is CCC#CCC(C(=O)O)c1ccccc1C(C)(C)c1ccccc1C(CC#CCC)C(=O)O. The highest BCUT2D eigenvalue weighted by Gasteiger charge is 2.34. The van der Waals surface area contributed by atoms with E-state index in [4.69, 9.17) is 0 Å². The molecule has 4 nitrogen and oxygen atoms in total. The summed E-state index contributed by atoms with van der Waals surface area (Å²) in [7, 11) is 0. The average Bonchev–Trinajstić information content (AvgIpc) is 2.79. The smallest absolute Gasteiger partial charge is 0.311 e. The van der Waals surface area contributed by atoms with E-state index in [1.807, 2.05) is 76.2 Å². The van der Waals surface area contributed by atoms with Crippen molar-refractivity contribution in [2.45, 2.75) is 70.6 Å². The molecule has 0 bridgehead atoms. The highest BCUT2D eigenvalue weighted by Crippen LogP contribution is 2.41. The van der Waals surface area contributed by atoms with Crippen LogP contribution in [0.3, 0.4) is 0 Å². The zero-order valence-corrected chi connectivity index (χ0v) is 19.8. The highest BCUT2D eigenvalue weighted by atomic mass is 16.4. The van der Waals surface area contributed by atoms with Crippen molar-refractivity contribution in [3.63, 3.8) is 0 Å². The van der Waals surface area contributed by atoms with Crippen molar-refractivity contribution >= 4 is 11.9 Å². The molecule has 172 valence electrons. The summed E-state index contributed by atoms with van der Waals surface area (Å²) in [5.41, 5.74) is 2.48. The van der Waals surface area contributed by atoms with Crippen LogP contribution in [0.1, 0.15) is 87.5 Å². The summed E-state index contributed by atoms with van der Waals surface area (Å²) in [5, 5.41) is 19.9. The number of hydrogen-bond donors (Lipinski definition) is 2. The number of carboxylic acid groups (broad SMARTS) is 2. The van der Waals surface area contributed by atoms with Crippen molar-refractivity contribution in [1.29, 1.82) is 0 Å². The van der Waals surface area contributed by atoms with Gasteiger partial charge in [0.15, 0.2) is 0 Å². The van der Waals surface area contributed by atoms with Crippen LogP contribution in [0.4, 0.5) is 0 Å². The zero-order chi connectivity index (χ0) is 24.4. The van der Waals surface area contributed by atoms with Crippen LogP contribution in [0, 0.1) is 23.7 Å². The summed E-state index contributed by atoms with van der Waals surface area (Å²) in [6, 6.07) is 15.0. The van der Waals surface area contributed by atoms with E-state index in [0.29, 0.717) is 24.0 Å². The molecule has 0 aromatic heterocycles. The molecule has 0 spiro atoms. The molecule has 0 radical (unpaired) electrons. The van der Waals surface area contributed by atoms with Crippen LogP contribution in [-0.4, -0.2) is 22.2 Å². The lowest BCUT2D eigenvalue weighted by Crippen LogP contribution is -2.27. The minimum atomic E-state index is -0.921. The normalized spacial score (nSPS) is 12.5. The van der Waals surface area contributed by atoms with Gasteiger partial charge in [-0.2, -0.15) is 0 Å². The number of hydrogen-bond acceptors (Lipinski definition) is 2. The first-order valence-corrected chi connectivity index (χ1v) is 11.3. The molecule has 2 aromatic carbocycles. The molecule has 0 saturated heterocycles. The van der Waals surface area contributed by atoms with E-state index in [1.54, 1.807) is 0 Å². The van der Waals surface area contributed by atoms with Gasteiger partial charge in [0.25, 0.3) is 0 Å². The molecule has 0 aliphatic rings. The molecule has 0 heterocycles. The van der Waals surface area contributed by atoms with E-state index < -0.39 is 29.2 Å².